The van der Waals surface area contributed by atoms with Gasteiger partial charge >= 0.3 is 0 Å². The van der Waals surface area contributed by atoms with Crippen molar-refractivity contribution in [2.45, 2.75) is 31.8 Å². The van der Waals surface area contributed by atoms with Gasteiger partial charge in [0.1, 0.15) is 0 Å². The molecule has 0 spiro atoms. The van der Waals surface area contributed by atoms with E-state index in [2.05, 4.69) is 6.58 Å². The lowest BCUT2D eigenvalue weighted by molar-refractivity contribution is -0.164. The minimum Gasteiger partial charge on any atom is -0.386 e. The molecule has 0 saturated carbocycles. The van der Waals surface area contributed by atoms with Crippen LogP contribution in [0.25, 0.3) is 0 Å². The van der Waals surface area contributed by atoms with Gasteiger partial charge in [-0.3, -0.25) is 0 Å². The molecule has 0 saturated heterocycles. The number of aliphatic hydroxyl groups is 1. The molecular formula is C10H16O3. The standard InChI is InChI=1S/C10H16O3/c1-3-4-7-12-10-6-5-9(11)8(2)13-10/h3,5-6,8-11H,1,4,7H2,2H3/t8-,9+,10?/m0/s1. The third-order valence-electron chi connectivity index (χ3n) is 1.90. The summed E-state index contributed by atoms with van der Waals surface area (Å²) in [7, 11) is 0. The fourth-order valence-electron chi connectivity index (χ4n) is 1.06. The Morgan fingerprint density at radius 1 is 1.62 bits per heavy atom. The van der Waals surface area contributed by atoms with Gasteiger partial charge in [0.05, 0.1) is 18.8 Å². The average molecular weight is 184 g/mol. The molecule has 1 heterocycles. The maximum absolute atomic E-state index is 9.28. The molecule has 1 rings (SSSR count). The lowest BCUT2D eigenvalue weighted by Crippen LogP contribution is -2.34. The summed E-state index contributed by atoms with van der Waals surface area (Å²) in [6.07, 6.45) is 5.01. The molecule has 0 bridgehead atoms. The molecule has 1 aliphatic rings. The van der Waals surface area contributed by atoms with Gasteiger partial charge < -0.3 is 14.6 Å². The number of ether oxygens (including phenoxy) is 2. The molecule has 0 aromatic carbocycles. The third-order valence-corrected chi connectivity index (χ3v) is 1.90. The largest absolute Gasteiger partial charge is 0.386 e. The van der Waals surface area contributed by atoms with Gasteiger partial charge in [-0.25, -0.2) is 0 Å². The van der Waals surface area contributed by atoms with Crippen LogP contribution in [-0.4, -0.2) is 30.2 Å². The fraction of sp³-hybridized carbons (Fsp3) is 0.600. The van der Waals surface area contributed by atoms with E-state index >= 15 is 0 Å². The summed E-state index contributed by atoms with van der Waals surface area (Å²) in [4.78, 5) is 0. The van der Waals surface area contributed by atoms with E-state index in [9.17, 15) is 5.11 Å². The monoisotopic (exact) mass is 184 g/mol. The van der Waals surface area contributed by atoms with Crippen LogP contribution in [-0.2, 0) is 9.47 Å². The second kappa shape index (κ2) is 5.17. The molecule has 1 unspecified atom stereocenters. The van der Waals surface area contributed by atoms with Crippen molar-refractivity contribution >= 4 is 0 Å². The summed E-state index contributed by atoms with van der Waals surface area (Å²) >= 11 is 0. The van der Waals surface area contributed by atoms with Crippen LogP contribution in [0.2, 0.25) is 0 Å². The summed E-state index contributed by atoms with van der Waals surface area (Å²) in [5.41, 5.74) is 0. The van der Waals surface area contributed by atoms with Gasteiger partial charge in [-0.2, -0.15) is 0 Å². The minimum atomic E-state index is -0.515. The molecule has 0 aromatic heterocycles. The van der Waals surface area contributed by atoms with E-state index in [0.29, 0.717) is 6.61 Å². The molecule has 0 aromatic rings. The fourth-order valence-corrected chi connectivity index (χ4v) is 1.06. The first-order chi connectivity index (χ1) is 6.24. The minimum absolute atomic E-state index is 0.196. The highest BCUT2D eigenvalue weighted by Gasteiger charge is 2.21. The summed E-state index contributed by atoms with van der Waals surface area (Å²) in [6.45, 7) is 6.01. The summed E-state index contributed by atoms with van der Waals surface area (Å²) in [5.74, 6) is 0. The van der Waals surface area contributed by atoms with Crippen molar-refractivity contribution in [3.05, 3.63) is 24.8 Å². The van der Waals surface area contributed by atoms with E-state index in [0.717, 1.165) is 6.42 Å². The van der Waals surface area contributed by atoms with Gasteiger partial charge in [-0.15, -0.1) is 6.58 Å². The quantitative estimate of drug-likeness (QED) is 0.527. The van der Waals surface area contributed by atoms with Gasteiger partial charge in [-0.05, 0) is 19.4 Å². The Morgan fingerprint density at radius 2 is 2.38 bits per heavy atom. The van der Waals surface area contributed by atoms with Gasteiger partial charge in [0.25, 0.3) is 0 Å². The van der Waals surface area contributed by atoms with Gasteiger partial charge in [0.2, 0.25) is 0 Å². The normalized spacial score (nSPS) is 33.2. The van der Waals surface area contributed by atoms with E-state index in [1.807, 2.05) is 6.92 Å². The van der Waals surface area contributed by atoms with Gasteiger partial charge in [0.15, 0.2) is 6.29 Å². The molecule has 3 atom stereocenters. The molecule has 0 fully saturated rings. The number of hydrogen-bond donors (Lipinski definition) is 1. The highest BCUT2D eigenvalue weighted by atomic mass is 16.7. The van der Waals surface area contributed by atoms with Crippen molar-refractivity contribution in [2.24, 2.45) is 0 Å². The topological polar surface area (TPSA) is 38.7 Å². The van der Waals surface area contributed by atoms with Crippen molar-refractivity contribution < 1.29 is 14.6 Å². The lowest BCUT2D eigenvalue weighted by atomic mass is 10.2. The predicted octanol–water partition coefficient (Wildman–Crippen LogP) is 1.24. The van der Waals surface area contributed by atoms with E-state index < -0.39 is 6.10 Å². The lowest BCUT2D eigenvalue weighted by Gasteiger charge is -2.26. The van der Waals surface area contributed by atoms with Gasteiger partial charge in [0, 0.05) is 0 Å². The van der Waals surface area contributed by atoms with Crippen LogP contribution < -0.4 is 0 Å². The Kier molecular flexibility index (Phi) is 4.15. The number of rotatable bonds is 4. The van der Waals surface area contributed by atoms with Crippen LogP contribution in [0, 0.1) is 0 Å². The Labute approximate surface area is 78.7 Å². The first kappa shape index (κ1) is 10.4. The van der Waals surface area contributed by atoms with Crippen LogP contribution in [0.5, 0.6) is 0 Å². The first-order valence-corrected chi connectivity index (χ1v) is 4.48. The van der Waals surface area contributed by atoms with Crippen molar-refractivity contribution in [3.8, 4) is 0 Å². The highest BCUT2D eigenvalue weighted by molar-refractivity contribution is 4.98. The van der Waals surface area contributed by atoms with Crippen LogP contribution in [0.3, 0.4) is 0 Å². The van der Waals surface area contributed by atoms with E-state index in [1.54, 1.807) is 18.2 Å². The average Bonchev–Trinajstić information content (AvgIpc) is 2.12. The molecule has 74 valence electrons. The van der Waals surface area contributed by atoms with E-state index in [-0.39, 0.29) is 12.4 Å². The second-order valence-electron chi connectivity index (χ2n) is 3.03. The van der Waals surface area contributed by atoms with Crippen molar-refractivity contribution in [1.29, 1.82) is 0 Å². The Balaban J connectivity index is 2.28. The molecule has 3 nitrogen and oxygen atoms in total. The van der Waals surface area contributed by atoms with Crippen LogP contribution in [0.1, 0.15) is 13.3 Å². The van der Waals surface area contributed by atoms with Crippen LogP contribution in [0.15, 0.2) is 24.8 Å². The zero-order valence-electron chi connectivity index (χ0n) is 7.85. The van der Waals surface area contributed by atoms with E-state index in [1.165, 1.54) is 0 Å². The molecule has 1 aliphatic heterocycles. The SMILES string of the molecule is C=CCCOC1C=C[C@@H](O)[C@H](C)O1. The zero-order valence-corrected chi connectivity index (χ0v) is 7.85. The summed E-state index contributed by atoms with van der Waals surface area (Å²) in [5, 5.41) is 9.28. The maximum atomic E-state index is 9.28. The predicted molar refractivity (Wildman–Crippen MR) is 50.2 cm³/mol. The Hall–Kier alpha value is -0.640. The third kappa shape index (κ3) is 3.30. The van der Waals surface area contributed by atoms with Gasteiger partial charge in [-0.1, -0.05) is 12.2 Å². The van der Waals surface area contributed by atoms with Crippen LogP contribution in [0.4, 0.5) is 0 Å². The number of hydrogen-bond acceptors (Lipinski definition) is 3. The van der Waals surface area contributed by atoms with Crippen molar-refractivity contribution in [1.82, 2.24) is 0 Å². The highest BCUT2D eigenvalue weighted by Crippen LogP contribution is 2.13. The number of aliphatic hydroxyl groups excluding tert-OH is 1. The first-order valence-electron chi connectivity index (χ1n) is 4.48. The van der Waals surface area contributed by atoms with Crippen LogP contribution >= 0.6 is 0 Å². The second-order valence-corrected chi connectivity index (χ2v) is 3.03. The molecule has 0 aliphatic carbocycles. The molecule has 1 N–H and O–H groups in total. The molecular weight excluding hydrogens is 168 g/mol. The molecule has 0 amide bonds. The Morgan fingerprint density at radius 3 is 3.00 bits per heavy atom. The summed E-state index contributed by atoms with van der Waals surface area (Å²) in [6, 6.07) is 0. The molecule has 13 heavy (non-hydrogen) atoms. The molecule has 0 radical (unpaired) electrons. The van der Waals surface area contributed by atoms with Crippen molar-refractivity contribution in [2.75, 3.05) is 6.61 Å². The van der Waals surface area contributed by atoms with E-state index in [4.69, 9.17) is 9.47 Å². The zero-order chi connectivity index (χ0) is 9.68. The van der Waals surface area contributed by atoms with Crippen molar-refractivity contribution in [3.63, 3.8) is 0 Å². The molecule has 3 heteroatoms. The Bertz CT molecular complexity index is 189. The summed E-state index contributed by atoms with van der Waals surface area (Å²) < 4.78 is 10.7. The smallest absolute Gasteiger partial charge is 0.177 e. The maximum Gasteiger partial charge on any atom is 0.177 e.